The Bertz CT molecular complexity index is 282. The molecule has 0 saturated heterocycles. The van der Waals surface area contributed by atoms with Gasteiger partial charge in [0.05, 0.1) is 6.54 Å². The van der Waals surface area contributed by atoms with Crippen molar-refractivity contribution in [2.75, 3.05) is 0 Å². The Morgan fingerprint density at radius 2 is 1.35 bits per heavy atom. The fourth-order valence-corrected chi connectivity index (χ4v) is 0.645. The molecule has 0 saturated carbocycles. The highest BCUT2D eigenvalue weighted by Gasteiger charge is 1.82. The number of rotatable bonds is 1. The van der Waals surface area contributed by atoms with Crippen LogP contribution in [0.1, 0.15) is 19.4 Å². The number of hydrogen-bond donors (Lipinski definition) is 2. The molecule has 0 unspecified atom stereocenters. The fraction of sp³-hybridized carbons (Fsp3) is 0.273. The molecule has 6 nitrogen and oxygen atoms in total. The monoisotopic (exact) mass is 244 g/mol. The SMILES string of the molecule is CC(=O)[O-].CC(=O)[O-].[NH3+]Cc1ccccc1.[NH4+]. The molecule has 0 aromatic heterocycles. The number of aliphatic carboxylic acids is 2. The second-order valence-electron chi connectivity index (χ2n) is 2.72. The topological polar surface area (TPSA) is 144 Å². The zero-order chi connectivity index (χ0) is 13.0. The van der Waals surface area contributed by atoms with E-state index in [0.717, 1.165) is 20.4 Å². The summed E-state index contributed by atoms with van der Waals surface area (Å²) in [7, 11) is 0. The normalized spacial score (nSPS) is 7.24. The highest BCUT2D eigenvalue weighted by molar-refractivity contribution is 5.60. The van der Waals surface area contributed by atoms with Crippen LogP contribution in [0, 0.1) is 0 Å². The van der Waals surface area contributed by atoms with Crippen LogP contribution < -0.4 is 22.1 Å². The molecular weight excluding hydrogens is 224 g/mol. The van der Waals surface area contributed by atoms with Gasteiger partial charge in [-0.05, 0) is 13.8 Å². The van der Waals surface area contributed by atoms with Crippen molar-refractivity contribution in [3.63, 3.8) is 0 Å². The molecule has 0 aliphatic rings. The molecule has 0 amide bonds. The van der Waals surface area contributed by atoms with Crippen LogP contribution in [0.4, 0.5) is 0 Å². The van der Waals surface area contributed by atoms with Gasteiger partial charge in [0, 0.05) is 17.5 Å². The minimum absolute atomic E-state index is 0. The quantitative estimate of drug-likeness (QED) is 0.607. The summed E-state index contributed by atoms with van der Waals surface area (Å²) in [6, 6.07) is 10.2. The van der Waals surface area contributed by atoms with E-state index in [1.54, 1.807) is 0 Å². The molecule has 0 bridgehead atoms. The smallest absolute Gasteiger partial charge is 0.0997 e. The maximum atomic E-state index is 8.89. The summed E-state index contributed by atoms with van der Waals surface area (Å²) >= 11 is 0. The zero-order valence-corrected chi connectivity index (χ0v) is 10.4. The average Bonchev–Trinajstić information content (AvgIpc) is 2.17. The second-order valence-corrected chi connectivity index (χ2v) is 2.72. The lowest BCUT2D eigenvalue weighted by atomic mass is 10.2. The first-order chi connectivity index (χ1) is 7.40. The highest BCUT2D eigenvalue weighted by atomic mass is 16.4. The van der Waals surface area contributed by atoms with Crippen LogP contribution in [0.2, 0.25) is 0 Å². The summed E-state index contributed by atoms with van der Waals surface area (Å²) in [4.78, 5) is 17.8. The summed E-state index contributed by atoms with van der Waals surface area (Å²) in [5.74, 6) is -2.17. The standard InChI is InChI=1S/C7H9N.2C2H4O2.H3N/c8-6-7-4-2-1-3-5-7;2*1-2(3)4;/h1-5H,6,8H2;2*1H3,(H,3,4);1H3. The van der Waals surface area contributed by atoms with Crippen LogP contribution in [0.15, 0.2) is 30.3 Å². The van der Waals surface area contributed by atoms with Crippen LogP contribution in [-0.4, -0.2) is 11.9 Å². The van der Waals surface area contributed by atoms with Gasteiger partial charge < -0.3 is 31.7 Å². The lowest BCUT2D eigenvalue weighted by molar-refractivity contribution is -0.386. The van der Waals surface area contributed by atoms with Gasteiger partial charge in [0.25, 0.3) is 0 Å². The van der Waals surface area contributed by atoms with E-state index in [4.69, 9.17) is 19.8 Å². The van der Waals surface area contributed by atoms with E-state index in [-0.39, 0.29) is 6.15 Å². The molecule has 1 aromatic rings. The first-order valence-electron chi connectivity index (χ1n) is 4.58. The predicted molar refractivity (Wildman–Crippen MR) is 60.4 cm³/mol. The van der Waals surface area contributed by atoms with Crippen molar-refractivity contribution in [3.8, 4) is 0 Å². The van der Waals surface area contributed by atoms with Gasteiger partial charge in [0.15, 0.2) is 0 Å². The minimum Gasteiger partial charge on any atom is -0.550 e. The van der Waals surface area contributed by atoms with E-state index >= 15 is 0 Å². The van der Waals surface area contributed by atoms with Gasteiger partial charge in [-0.15, -0.1) is 0 Å². The second kappa shape index (κ2) is 14.1. The minimum atomic E-state index is -1.08. The van der Waals surface area contributed by atoms with Crippen LogP contribution in [0.5, 0.6) is 0 Å². The molecule has 17 heavy (non-hydrogen) atoms. The van der Waals surface area contributed by atoms with E-state index < -0.39 is 11.9 Å². The Kier molecular flexibility index (Phi) is 17.0. The molecule has 1 aromatic carbocycles. The number of carboxylic acid groups (broad SMARTS) is 2. The van der Waals surface area contributed by atoms with Crippen molar-refractivity contribution in [1.29, 1.82) is 0 Å². The average molecular weight is 244 g/mol. The van der Waals surface area contributed by atoms with Crippen molar-refractivity contribution in [3.05, 3.63) is 35.9 Å². The van der Waals surface area contributed by atoms with Crippen LogP contribution in [0.3, 0.4) is 0 Å². The maximum absolute atomic E-state index is 8.89. The third-order valence-corrected chi connectivity index (χ3v) is 1.13. The van der Waals surface area contributed by atoms with Crippen molar-refractivity contribution in [1.82, 2.24) is 6.15 Å². The largest absolute Gasteiger partial charge is 0.550 e. The molecule has 0 fully saturated rings. The van der Waals surface area contributed by atoms with Crippen molar-refractivity contribution in [2.24, 2.45) is 0 Å². The van der Waals surface area contributed by atoms with Crippen molar-refractivity contribution >= 4 is 11.9 Å². The molecular formula is C11H20N2O4. The van der Waals surface area contributed by atoms with Gasteiger partial charge in [-0.1, -0.05) is 30.3 Å². The van der Waals surface area contributed by atoms with Gasteiger partial charge in [-0.2, -0.15) is 0 Å². The zero-order valence-electron chi connectivity index (χ0n) is 10.4. The van der Waals surface area contributed by atoms with Gasteiger partial charge in [-0.25, -0.2) is 0 Å². The molecule has 0 atom stereocenters. The lowest BCUT2D eigenvalue weighted by Gasteiger charge is -1.87. The number of quaternary nitrogens is 2. The van der Waals surface area contributed by atoms with E-state index in [0.29, 0.717) is 0 Å². The summed E-state index contributed by atoms with van der Waals surface area (Å²) < 4.78 is 0. The number of benzene rings is 1. The number of carboxylic acids is 2. The first kappa shape index (κ1) is 20.5. The van der Waals surface area contributed by atoms with E-state index in [9.17, 15) is 0 Å². The molecule has 1 rings (SSSR count). The van der Waals surface area contributed by atoms with Crippen molar-refractivity contribution in [2.45, 2.75) is 20.4 Å². The summed E-state index contributed by atoms with van der Waals surface area (Å²) in [6.07, 6.45) is 0. The Morgan fingerprint density at radius 3 is 1.53 bits per heavy atom. The summed E-state index contributed by atoms with van der Waals surface area (Å²) in [5, 5.41) is 17.8. The Morgan fingerprint density at radius 1 is 1.06 bits per heavy atom. The molecule has 0 heterocycles. The molecule has 0 spiro atoms. The molecule has 6 heteroatoms. The lowest BCUT2D eigenvalue weighted by Crippen LogP contribution is -2.47. The van der Waals surface area contributed by atoms with Crippen molar-refractivity contribution < 1.29 is 25.5 Å². The fourth-order valence-electron chi connectivity index (χ4n) is 0.645. The van der Waals surface area contributed by atoms with Gasteiger partial charge in [0.1, 0.15) is 0 Å². The molecule has 0 aliphatic carbocycles. The first-order valence-corrected chi connectivity index (χ1v) is 4.58. The van der Waals surface area contributed by atoms with Gasteiger partial charge in [0.2, 0.25) is 0 Å². The van der Waals surface area contributed by atoms with Crippen LogP contribution in [0.25, 0.3) is 0 Å². The maximum Gasteiger partial charge on any atom is 0.0997 e. The van der Waals surface area contributed by atoms with E-state index in [2.05, 4.69) is 17.9 Å². The van der Waals surface area contributed by atoms with Crippen LogP contribution in [-0.2, 0) is 16.1 Å². The van der Waals surface area contributed by atoms with Gasteiger partial charge in [-0.3, -0.25) is 0 Å². The van der Waals surface area contributed by atoms with E-state index in [1.807, 2.05) is 18.2 Å². The Labute approximate surface area is 101 Å². The third-order valence-electron chi connectivity index (χ3n) is 1.13. The Hall–Kier alpha value is -1.92. The number of carbonyl (C=O) groups excluding carboxylic acids is 2. The molecule has 98 valence electrons. The molecule has 0 aliphatic heterocycles. The summed E-state index contributed by atoms with van der Waals surface area (Å²) in [6.45, 7) is 2.83. The number of hydrogen-bond acceptors (Lipinski definition) is 4. The Balaban J connectivity index is -0.000000189. The predicted octanol–water partition coefficient (Wildman–Crippen LogP) is -1.68. The van der Waals surface area contributed by atoms with E-state index in [1.165, 1.54) is 5.56 Å². The molecule has 7 N–H and O–H groups in total. The number of carbonyl (C=O) groups is 2. The van der Waals surface area contributed by atoms with Crippen LogP contribution >= 0.6 is 0 Å². The third kappa shape index (κ3) is 31.5. The summed E-state index contributed by atoms with van der Waals surface area (Å²) in [5.41, 5.74) is 5.05. The molecule has 0 radical (unpaired) electrons. The van der Waals surface area contributed by atoms with Gasteiger partial charge >= 0.3 is 0 Å². The highest BCUT2D eigenvalue weighted by Crippen LogP contribution is 1.93.